The number of halogens is 1. The molecule has 0 spiro atoms. The molecule has 0 amide bonds. The van der Waals surface area contributed by atoms with Crippen LogP contribution >= 0.6 is 11.6 Å². The molecule has 0 aromatic heterocycles. The molecule has 0 aliphatic carbocycles. The molecular weight excluding hydrogens is 680 g/mol. The van der Waals surface area contributed by atoms with E-state index in [1.807, 2.05) is 135 Å². The molecule has 0 radical (unpaired) electrons. The third kappa shape index (κ3) is 7.27. The number of rotatable bonds is 10. The average Bonchev–Trinajstić information content (AvgIpc) is 3.19. The fourth-order valence-electron chi connectivity index (χ4n) is 5.98. The first-order valence-corrected chi connectivity index (χ1v) is 17.2. The van der Waals surface area contributed by atoms with E-state index in [1.165, 1.54) is 0 Å². The summed E-state index contributed by atoms with van der Waals surface area (Å²) < 4.78 is 27.0. The van der Waals surface area contributed by atoms with E-state index in [0.29, 0.717) is 28.0 Å². The smallest absolute Gasteiger partial charge is 0.217 e. The fourth-order valence-corrected chi connectivity index (χ4v) is 6.11. The van der Waals surface area contributed by atoms with Gasteiger partial charge < -0.3 is 18.9 Å². The molecular formula is C46H31ClN2O4. The standard InChI is InChI=1S/C46H31ClN2O4/c1-30-14-13-15-31(2)42(30)53-44-39(29-49)38(28-48)43(51-40-22-11-9-20-36(40)32-16-5-3-6-17-32)45(50-35-26-24-34(47)25-27-35)46(44)52-41-23-12-10-21-37(41)33-18-7-4-8-19-33/h3-27H,1-2H3. The maximum Gasteiger partial charge on any atom is 0.217 e. The summed E-state index contributed by atoms with van der Waals surface area (Å²) in [5.41, 5.74) is 4.81. The maximum absolute atomic E-state index is 10.9. The molecule has 0 aliphatic heterocycles. The Morgan fingerprint density at radius 3 is 1.36 bits per heavy atom. The molecule has 0 N–H and O–H groups in total. The van der Waals surface area contributed by atoms with Crippen LogP contribution in [0.2, 0.25) is 5.02 Å². The van der Waals surface area contributed by atoms with E-state index in [1.54, 1.807) is 30.3 Å². The number of nitrogens with zero attached hydrogens (tertiary/aromatic N) is 2. The lowest BCUT2D eigenvalue weighted by atomic mass is 10.0. The number of ether oxygens (including phenoxy) is 4. The highest BCUT2D eigenvalue weighted by atomic mass is 35.5. The summed E-state index contributed by atoms with van der Waals surface area (Å²) in [6.07, 6.45) is 0. The Morgan fingerprint density at radius 1 is 0.415 bits per heavy atom. The van der Waals surface area contributed by atoms with Crippen molar-refractivity contribution in [3.8, 4) is 80.4 Å². The Hall–Kier alpha value is -6.99. The van der Waals surface area contributed by atoms with Crippen molar-refractivity contribution >= 4 is 11.6 Å². The molecule has 0 fully saturated rings. The van der Waals surface area contributed by atoms with Gasteiger partial charge in [0.1, 0.15) is 46.3 Å². The van der Waals surface area contributed by atoms with Crippen LogP contribution < -0.4 is 18.9 Å². The number of benzene rings is 7. The minimum atomic E-state index is -0.0933. The van der Waals surface area contributed by atoms with Crippen LogP contribution in [0.5, 0.6) is 46.0 Å². The number of hydrogen-bond acceptors (Lipinski definition) is 6. The summed E-state index contributed by atoms with van der Waals surface area (Å²) >= 11 is 6.27. The second-order valence-electron chi connectivity index (χ2n) is 12.1. The SMILES string of the molecule is Cc1cccc(C)c1Oc1c(C#N)c(C#N)c(Oc2ccccc2-c2ccccc2)c(Oc2ccc(Cl)cc2)c1Oc1ccccc1-c1ccccc1. The van der Waals surface area contributed by atoms with Gasteiger partial charge >= 0.3 is 0 Å². The zero-order chi connectivity index (χ0) is 36.7. The average molecular weight is 711 g/mol. The molecule has 7 heteroatoms. The van der Waals surface area contributed by atoms with Crippen molar-refractivity contribution in [2.45, 2.75) is 13.8 Å². The summed E-state index contributed by atoms with van der Waals surface area (Å²) in [4.78, 5) is 0. The zero-order valence-electron chi connectivity index (χ0n) is 28.8. The van der Waals surface area contributed by atoms with Crippen LogP contribution in [0.3, 0.4) is 0 Å². The van der Waals surface area contributed by atoms with E-state index in [-0.39, 0.29) is 34.1 Å². The summed E-state index contributed by atoms with van der Waals surface area (Å²) in [7, 11) is 0. The van der Waals surface area contributed by atoms with Crippen molar-refractivity contribution in [3.05, 3.63) is 179 Å². The molecule has 256 valence electrons. The van der Waals surface area contributed by atoms with Crippen LogP contribution in [-0.2, 0) is 0 Å². The first-order valence-electron chi connectivity index (χ1n) is 16.8. The van der Waals surface area contributed by atoms with Crippen LogP contribution in [0, 0.1) is 36.5 Å². The predicted octanol–water partition coefficient (Wildman–Crippen LogP) is 13.2. The van der Waals surface area contributed by atoms with Gasteiger partial charge in [0.25, 0.3) is 0 Å². The molecule has 7 aromatic carbocycles. The van der Waals surface area contributed by atoms with Crippen LogP contribution in [0.25, 0.3) is 22.3 Å². The molecule has 0 heterocycles. The molecule has 53 heavy (non-hydrogen) atoms. The number of aryl methyl sites for hydroxylation is 2. The number of hydrogen-bond donors (Lipinski definition) is 0. The molecule has 6 nitrogen and oxygen atoms in total. The van der Waals surface area contributed by atoms with Crippen LogP contribution in [-0.4, -0.2) is 0 Å². The van der Waals surface area contributed by atoms with E-state index in [0.717, 1.165) is 33.4 Å². The summed E-state index contributed by atoms with van der Waals surface area (Å²) in [5, 5.41) is 22.2. The third-order valence-electron chi connectivity index (χ3n) is 8.56. The quantitative estimate of drug-likeness (QED) is 0.140. The molecule has 0 unspecified atom stereocenters. The Kier molecular flexibility index (Phi) is 10.1. The lowest BCUT2D eigenvalue weighted by Gasteiger charge is -2.24. The first-order chi connectivity index (χ1) is 25.9. The molecule has 7 aromatic rings. The highest BCUT2D eigenvalue weighted by molar-refractivity contribution is 6.30. The minimum absolute atomic E-state index is 0.00280. The van der Waals surface area contributed by atoms with Gasteiger partial charge in [0, 0.05) is 16.1 Å². The Morgan fingerprint density at radius 2 is 0.849 bits per heavy atom. The first kappa shape index (κ1) is 34.5. The second-order valence-corrected chi connectivity index (χ2v) is 12.5. The summed E-state index contributed by atoms with van der Waals surface area (Å²) in [6.45, 7) is 3.82. The van der Waals surface area contributed by atoms with Crippen molar-refractivity contribution in [1.82, 2.24) is 0 Å². The molecule has 0 saturated carbocycles. The normalized spacial score (nSPS) is 10.5. The van der Waals surface area contributed by atoms with E-state index in [9.17, 15) is 10.5 Å². The Labute approximate surface area is 313 Å². The lowest BCUT2D eigenvalue weighted by molar-refractivity contribution is 0.364. The second kappa shape index (κ2) is 15.5. The molecule has 0 saturated heterocycles. The van der Waals surface area contributed by atoms with Crippen LogP contribution in [0.15, 0.2) is 152 Å². The van der Waals surface area contributed by atoms with Gasteiger partial charge in [0.15, 0.2) is 11.5 Å². The van der Waals surface area contributed by atoms with Gasteiger partial charge in [-0.15, -0.1) is 0 Å². The van der Waals surface area contributed by atoms with Crippen molar-refractivity contribution < 1.29 is 18.9 Å². The van der Waals surface area contributed by atoms with E-state index in [2.05, 4.69) is 12.1 Å². The number of para-hydroxylation sites is 3. The van der Waals surface area contributed by atoms with Crippen LogP contribution in [0.1, 0.15) is 22.3 Å². The van der Waals surface area contributed by atoms with Gasteiger partial charge in [-0.05, 0) is 72.5 Å². The van der Waals surface area contributed by atoms with Gasteiger partial charge in [0.2, 0.25) is 11.5 Å². The summed E-state index contributed by atoms with van der Waals surface area (Å²) in [5.74, 6) is 1.80. The Bertz CT molecular complexity index is 2480. The molecule has 0 atom stereocenters. The van der Waals surface area contributed by atoms with Crippen LogP contribution in [0.4, 0.5) is 0 Å². The van der Waals surface area contributed by atoms with E-state index in [4.69, 9.17) is 30.5 Å². The van der Waals surface area contributed by atoms with Gasteiger partial charge in [-0.25, -0.2) is 0 Å². The maximum atomic E-state index is 10.9. The lowest BCUT2D eigenvalue weighted by Crippen LogP contribution is -2.05. The minimum Gasteiger partial charge on any atom is -0.451 e. The molecule has 7 rings (SSSR count). The highest BCUT2D eigenvalue weighted by Crippen LogP contribution is 2.56. The van der Waals surface area contributed by atoms with E-state index >= 15 is 0 Å². The van der Waals surface area contributed by atoms with Crippen molar-refractivity contribution in [2.24, 2.45) is 0 Å². The number of nitriles is 2. The monoisotopic (exact) mass is 710 g/mol. The van der Waals surface area contributed by atoms with Gasteiger partial charge in [-0.2, -0.15) is 10.5 Å². The highest BCUT2D eigenvalue weighted by Gasteiger charge is 2.33. The van der Waals surface area contributed by atoms with Crippen molar-refractivity contribution in [1.29, 1.82) is 10.5 Å². The topological polar surface area (TPSA) is 84.5 Å². The fraction of sp³-hybridized carbons (Fsp3) is 0.0435. The van der Waals surface area contributed by atoms with E-state index < -0.39 is 0 Å². The molecule has 0 bridgehead atoms. The largest absolute Gasteiger partial charge is 0.451 e. The van der Waals surface area contributed by atoms with Gasteiger partial charge in [0.05, 0.1) is 0 Å². The van der Waals surface area contributed by atoms with Gasteiger partial charge in [-0.3, -0.25) is 0 Å². The Balaban J connectivity index is 1.54. The molecule has 0 aliphatic rings. The summed E-state index contributed by atoms with van der Waals surface area (Å²) in [6, 6.07) is 51.5. The van der Waals surface area contributed by atoms with Crippen molar-refractivity contribution in [3.63, 3.8) is 0 Å². The predicted molar refractivity (Wildman–Crippen MR) is 207 cm³/mol. The zero-order valence-corrected chi connectivity index (χ0v) is 29.6. The van der Waals surface area contributed by atoms with Gasteiger partial charge in [-0.1, -0.05) is 127 Å². The third-order valence-corrected chi connectivity index (χ3v) is 8.81. The van der Waals surface area contributed by atoms with Crippen molar-refractivity contribution in [2.75, 3.05) is 0 Å².